The number of ether oxygens (including phenoxy) is 2. The average Bonchev–Trinajstić information content (AvgIpc) is 2.89. The molecular weight excluding hydrogens is 255 g/mol. The largest absolute Gasteiger partial charge is 0.490 e. The van der Waals surface area contributed by atoms with E-state index in [1.54, 1.807) is 12.1 Å². The van der Waals surface area contributed by atoms with Crippen LogP contribution in [0.1, 0.15) is 12.0 Å². The van der Waals surface area contributed by atoms with Gasteiger partial charge in [0.25, 0.3) is 0 Å². The summed E-state index contributed by atoms with van der Waals surface area (Å²) in [4.78, 5) is 0. The van der Waals surface area contributed by atoms with Gasteiger partial charge in [-0.15, -0.1) is 11.6 Å². The molecule has 0 amide bonds. The first-order valence-electron chi connectivity index (χ1n) is 5.84. The van der Waals surface area contributed by atoms with Crippen molar-refractivity contribution in [2.75, 3.05) is 25.7 Å². The third kappa shape index (κ3) is 3.63. The number of rotatable bonds is 3. The lowest BCUT2D eigenvalue weighted by Crippen LogP contribution is -2.12. The zero-order valence-corrected chi connectivity index (χ0v) is 10.7. The zero-order valence-electron chi connectivity index (χ0n) is 9.92. The van der Waals surface area contributed by atoms with Crippen molar-refractivity contribution in [1.29, 1.82) is 0 Å². The molecule has 0 aliphatic carbocycles. The summed E-state index contributed by atoms with van der Waals surface area (Å²) in [7, 11) is 0. The van der Waals surface area contributed by atoms with Gasteiger partial charge in [-0.05, 0) is 24.6 Å². The third-order valence-electron chi connectivity index (χ3n) is 2.73. The molecule has 0 saturated carbocycles. The van der Waals surface area contributed by atoms with Crippen LogP contribution in [0, 0.1) is 23.6 Å². The summed E-state index contributed by atoms with van der Waals surface area (Å²) in [5.41, 5.74) is 0.703. The molecule has 1 aliphatic rings. The van der Waals surface area contributed by atoms with E-state index < -0.39 is 0 Å². The molecule has 2 rings (SSSR count). The molecule has 1 aromatic rings. The van der Waals surface area contributed by atoms with Crippen molar-refractivity contribution in [2.24, 2.45) is 5.92 Å². The van der Waals surface area contributed by atoms with Gasteiger partial charge in [0, 0.05) is 18.1 Å². The predicted molar refractivity (Wildman–Crippen MR) is 68.4 cm³/mol. The lowest BCUT2D eigenvalue weighted by atomic mass is 10.1. The van der Waals surface area contributed by atoms with Crippen molar-refractivity contribution < 1.29 is 13.9 Å². The molecular formula is C14H14ClFO2. The first kappa shape index (κ1) is 13.2. The number of benzene rings is 1. The van der Waals surface area contributed by atoms with Crippen LogP contribution in [0.4, 0.5) is 4.39 Å². The van der Waals surface area contributed by atoms with Gasteiger partial charge in [-0.1, -0.05) is 11.8 Å². The normalized spacial score (nSPS) is 18.2. The molecule has 0 bridgehead atoms. The molecule has 1 aliphatic heterocycles. The van der Waals surface area contributed by atoms with Crippen molar-refractivity contribution in [1.82, 2.24) is 0 Å². The molecule has 0 N–H and O–H groups in total. The van der Waals surface area contributed by atoms with Crippen LogP contribution in [0.2, 0.25) is 0 Å². The van der Waals surface area contributed by atoms with E-state index in [1.165, 1.54) is 6.07 Å². The molecule has 96 valence electrons. The average molecular weight is 269 g/mol. The smallest absolute Gasteiger partial charge is 0.165 e. The number of hydrogen-bond donors (Lipinski definition) is 0. The van der Waals surface area contributed by atoms with E-state index in [0.717, 1.165) is 13.0 Å². The first-order chi connectivity index (χ1) is 8.79. The highest BCUT2D eigenvalue weighted by Crippen LogP contribution is 2.21. The minimum absolute atomic E-state index is 0.239. The lowest BCUT2D eigenvalue weighted by molar-refractivity contribution is 0.165. The Labute approximate surface area is 111 Å². The maximum absolute atomic E-state index is 13.5. The van der Waals surface area contributed by atoms with Gasteiger partial charge in [-0.2, -0.15) is 0 Å². The Bertz CT molecular complexity index is 459. The van der Waals surface area contributed by atoms with E-state index in [0.29, 0.717) is 24.7 Å². The highest BCUT2D eigenvalue weighted by Gasteiger charge is 2.17. The van der Waals surface area contributed by atoms with E-state index in [-0.39, 0.29) is 17.4 Å². The summed E-state index contributed by atoms with van der Waals surface area (Å²) in [5, 5.41) is 0. The predicted octanol–water partition coefficient (Wildman–Crippen LogP) is 2.83. The summed E-state index contributed by atoms with van der Waals surface area (Å²) in [6, 6.07) is 4.57. The molecule has 0 aromatic heterocycles. The Hall–Kier alpha value is -1.24. The molecule has 2 nitrogen and oxygen atoms in total. The van der Waals surface area contributed by atoms with Crippen LogP contribution in [-0.2, 0) is 4.74 Å². The highest BCUT2D eigenvalue weighted by atomic mass is 35.5. The molecule has 1 saturated heterocycles. The molecule has 0 radical (unpaired) electrons. The highest BCUT2D eigenvalue weighted by molar-refractivity contribution is 6.19. The number of alkyl halides is 1. The minimum Gasteiger partial charge on any atom is -0.490 e. The maximum atomic E-state index is 13.5. The second-order valence-electron chi connectivity index (χ2n) is 4.12. The van der Waals surface area contributed by atoms with E-state index >= 15 is 0 Å². The topological polar surface area (TPSA) is 18.5 Å². The van der Waals surface area contributed by atoms with Gasteiger partial charge in [0.1, 0.15) is 0 Å². The van der Waals surface area contributed by atoms with Crippen LogP contribution < -0.4 is 4.74 Å². The fourth-order valence-electron chi connectivity index (χ4n) is 1.75. The summed E-state index contributed by atoms with van der Waals surface area (Å²) in [6.45, 7) is 1.93. The molecule has 0 spiro atoms. The van der Waals surface area contributed by atoms with Crippen molar-refractivity contribution in [3.63, 3.8) is 0 Å². The Morgan fingerprint density at radius 2 is 2.39 bits per heavy atom. The van der Waals surface area contributed by atoms with E-state index in [2.05, 4.69) is 11.8 Å². The van der Waals surface area contributed by atoms with E-state index in [9.17, 15) is 4.39 Å². The fraction of sp³-hybridized carbons (Fsp3) is 0.429. The van der Waals surface area contributed by atoms with Gasteiger partial charge in [0.05, 0.1) is 19.1 Å². The van der Waals surface area contributed by atoms with E-state index in [1.807, 2.05) is 0 Å². The Morgan fingerprint density at radius 3 is 3.11 bits per heavy atom. The Kier molecular flexibility index (Phi) is 4.86. The molecule has 4 heteroatoms. The second-order valence-corrected chi connectivity index (χ2v) is 4.39. The standard InChI is InChI=1S/C14H14ClFO2/c15-6-1-2-11-3-4-13(16)14(8-11)18-10-12-5-7-17-9-12/h3-4,8,12H,5-7,9-10H2. The number of hydrogen-bond acceptors (Lipinski definition) is 2. The van der Waals surface area contributed by atoms with Gasteiger partial charge >= 0.3 is 0 Å². The quantitative estimate of drug-likeness (QED) is 0.620. The summed E-state index contributed by atoms with van der Waals surface area (Å²) < 4.78 is 24.3. The summed E-state index contributed by atoms with van der Waals surface area (Å²) in [5.74, 6) is 6.04. The van der Waals surface area contributed by atoms with Crippen LogP contribution in [0.15, 0.2) is 18.2 Å². The van der Waals surface area contributed by atoms with Crippen LogP contribution in [0.3, 0.4) is 0 Å². The Balaban J connectivity index is 2.01. The van der Waals surface area contributed by atoms with Crippen molar-refractivity contribution in [3.05, 3.63) is 29.6 Å². The van der Waals surface area contributed by atoms with Crippen LogP contribution >= 0.6 is 11.6 Å². The van der Waals surface area contributed by atoms with E-state index in [4.69, 9.17) is 21.1 Å². The van der Waals surface area contributed by atoms with Crippen molar-refractivity contribution in [2.45, 2.75) is 6.42 Å². The van der Waals surface area contributed by atoms with Crippen LogP contribution in [0.25, 0.3) is 0 Å². The third-order valence-corrected chi connectivity index (χ3v) is 2.86. The molecule has 1 unspecified atom stereocenters. The Morgan fingerprint density at radius 1 is 1.50 bits per heavy atom. The first-order valence-corrected chi connectivity index (χ1v) is 6.38. The second kappa shape index (κ2) is 6.63. The fourth-order valence-corrected chi connectivity index (χ4v) is 1.82. The molecule has 1 fully saturated rings. The van der Waals surface area contributed by atoms with Gasteiger partial charge in [0.2, 0.25) is 0 Å². The molecule has 18 heavy (non-hydrogen) atoms. The van der Waals surface area contributed by atoms with Crippen molar-refractivity contribution in [3.8, 4) is 17.6 Å². The molecule has 1 aromatic carbocycles. The zero-order chi connectivity index (χ0) is 12.8. The summed E-state index contributed by atoms with van der Waals surface area (Å²) in [6.07, 6.45) is 0.966. The SMILES string of the molecule is Fc1ccc(C#CCCl)cc1OCC1CCOC1. The molecule has 1 atom stereocenters. The lowest BCUT2D eigenvalue weighted by Gasteiger charge is -2.11. The van der Waals surface area contributed by atoms with Gasteiger partial charge in [-0.3, -0.25) is 0 Å². The van der Waals surface area contributed by atoms with Gasteiger partial charge in [0.15, 0.2) is 11.6 Å². The maximum Gasteiger partial charge on any atom is 0.165 e. The number of halogens is 2. The van der Waals surface area contributed by atoms with Gasteiger partial charge in [-0.25, -0.2) is 4.39 Å². The van der Waals surface area contributed by atoms with Crippen LogP contribution in [0.5, 0.6) is 5.75 Å². The van der Waals surface area contributed by atoms with Crippen molar-refractivity contribution >= 4 is 11.6 Å². The minimum atomic E-state index is -0.370. The monoisotopic (exact) mass is 268 g/mol. The van der Waals surface area contributed by atoms with Crippen LogP contribution in [-0.4, -0.2) is 25.7 Å². The summed E-state index contributed by atoms with van der Waals surface area (Å²) >= 11 is 5.48. The van der Waals surface area contributed by atoms with Gasteiger partial charge < -0.3 is 9.47 Å². The molecule has 1 heterocycles.